The molecular formula is C37H34ClN7O7. The fourth-order valence-corrected chi connectivity index (χ4v) is 7.75. The van der Waals surface area contributed by atoms with Gasteiger partial charge in [0.05, 0.1) is 27.9 Å². The summed E-state index contributed by atoms with van der Waals surface area (Å²) in [5.41, 5.74) is 5.05. The smallest absolute Gasteiger partial charge is 0.264 e. The number of carbonyl (C=O) groups is 6. The van der Waals surface area contributed by atoms with Crippen LogP contribution in [0, 0.1) is 0 Å². The molecule has 0 bridgehead atoms. The molecule has 0 radical (unpaired) electrons. The number of hydrogen-bond donors (Lipinski definition) is 2. The number of nitrogens with zero attached hydrogens (tertiary/aromatic N) is 5. The van der Waals surface area contributed by atoms with Crippen LogP contribution in [0.4, 0.5) is 11.4 Å². The zero-order valence-electron chi connectivity index (χ0n) is 28.2. The molecular weight excluding hydrogens is 690 g/mol. The Balaban J connectivity index is 0.861. The maximum Gasteiger partial charge on any atom is 0.264 e. The minimum Gasteiger partial charge on any atom is -0.366 e. The van der Waals surface area contributed by atoms with Crippen LogP contribution in [0.3, 0.4) is 0 Å². The fraction of sp³-hybridized carbons (Fsp3) is 0.324. The summed E-state index contributed by atoms with van der Waals surface area (Å²) in [7, 11) is 0. The molecule has 14 nitrogen and oxygen atoms in total. The van der Waals surface area contributed by atoms with E-state index in [0.29, 0.717) is 42.6 Å². The summed E-state index contributed by atoms with van der Waals surface area (Å²) in [6.45, 7) is 3.17. The number of halogens is 1. The molecule has 8 rings (SSSR count). The Bertz CT molecular complexity index is 2200. The second-order valence-corrected chi connectivity index (χ2v) is 13.7. The lowest BCUT2D eigenvalue weighted by molar-refractivity contribution is -0.142. The maximum absolute atomic E-state index is 13.5. The molecule has 2 aromatic carbocycles. The number of H-pyrrole nitrogens is 1. The first-order chi connectivity index (χ1) is 25.1. The average Bonchev–Trinajstić information content (AvgIpc) is 3.66. The van der Waals surface area contributed by atoms with Crippen LogP contribution in [0.1, 0.15) is 46.0 Å². The van der Waals surface area contributed by atoms with Crippen LogP contribution in [0.5, 0.6) is 0 Å². The van der Waals surface area contributed by atoms with Gasteiger partial charge in [-0.1, -0.05) is 36.7 Å². The highest BCUT2D eigenvalue weighted by Crippen LogP contribution is 2.38. The van der Waals surface area contributed by atoms with Crippen LogP contribution in [-0.4, -0.2) is 107 Å². The van der Waals surface area contributed by atoms with Gasteiger partial charge in [0.25, 0.3) is 11.8 Å². The lowest BCUT2D eigenvalue weighted by Gasteiger charge is -2.41. The van der Waals surface area contributed by atoms with Gasteiger partial charge in [0.15, 0.2) is 0 Å². The Kier molecular flexibility index (Phi) is 8.50. The predicted molar refractivity (Wildman–Crippen MR) is 190 cm³/mol. The Labute approximate surface area is 302 Å². The highest BCUT2D eigenvalue weighted by Gasteiger charge is 2.47. The van der Waals surface area contributed by atoms with Crippen molar-refractivity contribution in [2.75, 3.05) is 49.1 Å². The Hall–Kier alpha value is -5.60. The summed E-state index contributed by atoms with van der Waals surface area (Å²) in [6, 6.07) is 11.5. The van der Waals surface area contributed by atoms with Crippen LogP contribution in [-0.2, 0) is 30.3 Å². The number of piperidine rings is 1. The third kappa shape index (κ3) is 5.67. The number of aromatic amines is 1. The number of fused-ring (bicyclic) bond motifs is 2. The van der Waals surface area contributed by atoms with Crippen molar-refractivity contribution >= 4 is 69.5 Å². The number of benzene rings is 2. The van der Waals surface area contributed by atoms with Gasteiger partial charge in [-0.2, -0.15) is 0 Å². The fourth-order valence-electron chi connectivity index (χ4n) is 7.38. The number of aryl methyl sites for hydroxylation is 1. The number of piperazine rings is 1. The van der Waals surface area contributed by atoms with Crippen molar-refractivity contribution < 1.29 is 33.5 Å². The second-order valence-electron chi connectivity index (χ2n) is 13.3. The Morgan fingerprint density at radius 3 is 2.60 bits per heavy atom. The lowest BCUT2D eigenvalue weighted by atomic mass is 10.0. The molecule has 1 unspecified atom stereocenters. The van der Waals surface area contributed by atoms with Gasteiger partial charge in [-0.3, -0.25) is 39.0 Å². The maximum atomic E-state index is 13.5. The Morgan fingerprint density at radius 2 is 1.83 bits per heavy atom. The molecule has 6 heterocycles. The van der Waals surface area contributed by atoms with Crippen molar-refractivity contribution in [3.05, 3.63) is 76.6 Å². The van der Waals surface area contributed by atoms with E-state index in [-0.39, 0.29) is 55.0 Å². The van der Waals surface area contributed by atoms with Gasteiger partial charge < -0.3 is 24.4 Å². The van der Waals surface area contributed by atoms with E-state index in [1.54, 1.807) is 29.3 Å². The van der Waals surface area contributed by atoms with E-state index in [1.165, 1.54) is 4.90 Å². The molecule has 4 aliphatic rings. The molecule has 3 fully saturated rings. The molecule has 4 aromatic rings. The number of hydrogen-bond acceptors (Lipinski definition) is 9. The molecule has 0 aliphatic carbocycles. The van der Waals surface area contributed by atoms with Crippen molar-refractivity contribution in [3.8, 4) is 11.1 Å². The topological polar surface area (TPSA) is 165 Å². The van der Waals surface area contributed by atoms with Gasteiger partial charge in [0.1, 0.15) is 24.8 Å². The van der Waals surface area contributed by atoms with E-state index < -0.39 is 29.7 Å². The molecule has 52 heavy (non-hydrogen) atoms. The second kappa shape index (κ2) is 13.2. The first kappa shape index (κ1) is 33.5. The molecule has 2 N–H and O–H groups in total. The summed E-state index contributed by atoms with van der Waals surface area (Å²) in [5.74, 6) is -2.76. The SMILES string of the molecule is CCc1c[nH]c2ncc(-c3cccc(N4CCN(C(=O)COC5CN(c6cccc7c6C(=O)N(C6CCC(=O)NC6=O)C7=O)C5)CC4=O)c3)c(Cl)c12. The molecule has 15 heteroatoms. The summed E-state index contributed by atoms with van der Waals surface area (Å²) in [5, 5.41) is 3.70. The molecule has 6 amide bonds. The lowest BCUT2D eigenvalue weighted by Crippen LogP contribution is -2.56. The van der Waals surface area contributed by atoms with Gasteiger partial charge in [-0.25, -0.2) is 4.98 Å². The minimum atomic E-state index is -1.05. The van der Waals surface area contributed by atoms with Crippen LogP contribution < -0.4 is 15.1 Å². The number of nitrogens with one attached hydrogen (secondary N) is 2. The number of amides is 6. The molecule has 0 spiro atoms. The number of pyridine rings is 1. The van der Waals surface area contributed by atoms with Crippen molar-refractivity contribution in [2.24, 2.45) is 0 Å². The Morgan fingerprint density at radius 1 is 1.02 bits per heavy atom. The van der Waals surface area contributed by atoms with E-state index in [1.807, 2.05) is 35.4 Å². The number of anilines is 2. The monoisotopic (exact) mass is 723 g/mol. The highest BCUT2D eigenvalue weighted by molar-refractivity contribution is 6.38. The molecule has 3 saturated heterocycles. The van der Waals surface area contributed by atoms with E-state index in [2.05, 4.69) is 22.2 Å². The number of carbonyl (C=O) groups excluding carboxylic acids is 6. The quantitative estimate of drug-likeness (QED) is 0.260. The zero-order valence-corrected chi connectivity index (χ0v) is 28.9. The zero-order chi connectivity index (χ0) is 36.3. The summed E-state index contributed by atoms with van der Waals surface area (Å²) in [4.78, 5) is 90.8. The standard InChI is InChI=1S/C37H34ClN7O7/c1-2-20-14-39-34-31(20)33(38)25(15-40-34)21-5-3-6-22(13-21)44-12-11-42(18-29(44)47)30(48)19-52-23-16-43(17-23)26-8-4-7-24-32(26)37(51)45(36(24)50)27-9-10-28(46)41-35(27)49/h3-8,13-15,23,27H,2,9-12,16-19H2,1H3,(H,39,40)(H,41,46,49). The highest BCUT2D eigenvalue weighted by atomic mass is 35.5. The normalized spacial score (nSPS) is 19.4. The average molecular weight is 724 g/mol. The van der Waals surface area contributed by atoms with E-state index in [9.17, 15) is 28.8 Å². The first-order valence-electron chi connectivity index (χ1n) is 17.2. The third-order valence-electron chi connectivity index (χ3n) is 10.2. The summed E-state index contributed by atoms with van der Waals surface area (Å²) >= 11 is 6.85. The number of rotatable bonds is 8. The summed E-state index contributed by atoms with van der Waals surface area (Å²) < 4.78 is 5.89. The predicted octanol–water partition coefficient (Wildman–Crippen LogP) is 2.93. The van der Waals surface area contributed by atoms with E-state index in [0.717, 1.165) is 39.0 Å². The molecule has 1 atom stereocenters. The van der Waals surface area contributed by atoms with Gasteiger partial charge in [-0.15, -0.1) is 0 Å². The number of ether oxygens (including phenoxy) is 1. The van der Waals surface area contributed by atoms with Gasteiger partial charge >= 0.3 is 0 Å². The van der Waals surface area contributed by atoms with Crippen LogP contribution in [0.25, 0.3) is 22.2 Å². The molecule has 266 valence electrons. The van der Waals surface area contributed by atoms with Crippen molar-refractivity contribution in [3.63, 3.8) is 0 Å². The van der Waals surface area contributed by atoms with Gasteiger partial charge in [-0.05, 0) is 48.2 Å². The van der Waals surface area contributed by atoms with Crippen molar-refractivity contribution in [1.82, 2.24) is 25.1 Å². The van der Waals surface area contributed by atoms with Crippen LogP contribution in [0.2, 0.25) is 5.02 Å². The number of imide groups is 2. The van der Waals surface area contributed by atoms with E-state index in [4.69, 9.17) is 16.3 Å². The third-order valence-corrected chi connectivity index (χ3v) is 10.6. The van der Waals surface area contributed by atoms with Gasteiger partial charge in [0.2, 0.25) is 23.6 Å². The van der Waals surface area contributed by atoms with Crippen molar-refractivity contribution in [2.45, 2.75) is 38.3 Å². The van der Waals surface area contributed by atoms with E-state index >= 15 is 0 Å². The van der Waals surface area contributed by atoms with Crippen molar-refractivity contribution in [1.29, 1.82) is 0 Å². The van der Waals surface area contributed by atoms with Gasteiger partial charge in [0, 0.05) is 61.6 Å². The molecule has 2 aromatic heterocycles. The van der Waals surface area contributed by atoms with Crippen LogP contribution >= 0.6 is 11.6 Å². The molecule has 0 saturated carbocycles. The molecule has 4 aliphatic heterocycles. The van der Waals surface area contributed by atoms with Crippen LogP contribution in [0.15, 0.2) is 54.9 Å². The minimum absolute atomic E-state index is 0.0403. The number of aromatic nitrogens is 2. The summed E-state index contributed by atoms with van der Waals surface area (Å²) in [6.07, 6.45) is 4.26. The largest absolute Gasteiger partial charge is 0.366 e. The first-order valence-corrected chi connectivity index (χ1v) is 17.5.